The van der Waals surface area contributed by atoms with E-state index in [9.17, 15) is 4.79 Å². The monoisotopic (exact) mass is 220 g/mol. The first kappa shape index (κ1) is 12.6. The van der Waals surface area contributed by atoms with Gasteiger partial charge < -0.3 is 10.6 Å². The average Bonchev–Trinajstić information content (AvgIpc) is 2.29. The Morgan fingerprint density at radius 1 is 1.31 bits per heavy atom. The van der Waals surface area contributed by atoms with Gasteiger partial charge in [-0.25, -0.2) is 0 Å². The van der Waals surface area contributed by atoms with E-state index < -0.39 is 0 Å². The number of nitrogens with two attached hydrogens (primary N) is 1. The molecule has 0 spiro atoms. The second-order valence-corrected chi connectivity index (χ2v) is 3.85. The highest BCUT2D eigenvalue weighted by Crippen LogP contribution is 2.12. The van der Waals surface area contributed by atoms with Crippen molar-refractivity contribution in [3.63, 3.8) is 0 Å². The Labute approximate surface area is 97.2 Å². The zero-order chi connectivity index (χ0) is 12.0. The fraction of sp³-hybridized carbons (Fsp3) is 0.462. The molecule has 0 saturated carbocycles. The first-order chi connectivity index (χ1) is 7.69. The van der Waals surface area contributed by atoms with Gasteiger partial charge in [-0.05, 0) is 25.0 Å². The lowest BCUT2D eigenvalue weighted by Gasteiger charge is -2.20. The van der Waals surface area contributed by atoms with Crippen LogP contribution in [0.3, 0.4) is 0 Å². The summed E-state index contributed by atoms with van der Waals surface area (Å²) in [5.41, 5.74) is 7.43. The Kier molecular flexibility index (Phi) is 4.83. The van der Waals surface area contributed by atoms with Crippen LogP contribution in [0, 0.1) is 0 Å². The van der Waals surface area contributed by atoms with Gasteiger partial charge in [0.25, 0.3) is 0 Å². The first-order valence-electron chi connectivity index (χ1n) is 5.80. The van der Waals surface area contributed by atoms with Gasteiger partial charge in [-0.2, -0.15) is 0 Å². The smallest absolute Gasteiger partial charge is 0.227 e. The van der Waals surface area contributed by atoms with Crippen LogP contribution in [0.4, 0.5) is 5.69 Å². The number of carbonyl (C=O) groups excluding carboxylic acids is 1. The van der Waals surface area contributed by atoms with Crippen molar-refractivity contribution in [1.82, 2.24) is 4.90 Å². The standard InChI is InChI=1S/C13H20N2O/c1-3-9-15(4-2)13(16)10-11-7-5-6-8-12(11)14/h5-8H,3-4,9-10,14H2,1-2H3. The lowest BCUT2D eigenvalue weighted by molar-refractivity contribution is -0.130. The van der Waals surface area contributed by atoms with E-state index >= 15 is 0 Å². The Balaban J connectivity index is 2.66. The topological polar surface area (TPSA) is 46.3 Å². The van der Waals surface area contributed by atoms with E-state index in [4.69, 9.17) is 5.73 Å². The molecule has 0 fully saturated rings. The highest BCUT2D eigenvalue weighted by molar-refractivity contribution is 5.80. The Morgan fingerprint density at radius 2 is 2.00 bits per heavy atom. The average molecular weight is 220 g/mol. The van der Waals surface area contributed by atoms with Gasteiger partial charge in [0.05, 0.1) is 6.42 Å². The summed E-state index contributed by atoms with van der Waals surface area (Å²) >= 11 is 0. The summed E-state index contributed by atoms with van der Waals surface area (Å²) in [4.78, 5) is 13.8. The van der Waals surface area contributed by atoms with Gasteiger partial charge in [-0.1, -0.05) is 25.1 Å². The van der Waals surface area contributed by atoms with Crippen molar-refractivity contribution in [3.8, 4) is 0 Å². The molecule has 0 radical (unpaired) electrons. The number of benzene rings is 1. The van der Waals surface area contributed by atoms with Gasteiger partial charge in [0.1, 0.15) is 0 Å². The molecule has 3 nitrogen and oxygen atoms in total. The molecule has 1 aromatic rings. The quantitative estimate of drug-likeness (QED) is 0.772. The molecule has 0 aliphatic heterocycles. The van der Waals surface area contributed by atoms with Gasteiger partial charge in [-0.15, -0.1) is 0 Å². The number of hydrogen-bond donors (Lipinski definition) is 1. The van der Waals surface area contributed by atoms with Crippen molar-refractivity contribution < 1.29 is 4.79 Å². The van der Waals surface area contributed by atoms with Crippen LogP contribution in [0.2, 0.25) is 0 Å². The van der Waals surface area contributed by atoms with Crippen LogP contribution in [-0.2, 0) is 11.2 Å². The summed E-state index contributed by atoms with van der Waals surface area (Å²) in [6.07, 6.45) is 1.39. The molecule has 3 heteroatoms. The predicted molar refractivity (Wildman–Crippen MR) is 67.1 cm³/mol. The largest absolute Gasteiger partial charge is 0.398 e. The molecule has 1 amide bonds. The summed E-state index contributed by atoms with van der Waals surface area (Å²) < 4.78 is 0. The molecule has 0 saturated heterocycles. The van der Waals surface area contributed by atoms with Crippen LogP contribution in [0.25, 0.3) is 0 Å². The van der Waals surface area contributed by atoms with E-state index in [0.717, 1.165) is 25.1 Å². The molecule has 0 heterocycles. The lowest BCUT2D eigenvalue weighted by Crippen LogP contribution is -2.32. The maximum Gasteiger partial charge on any atom is 0.227 e. The van der Waals surface area contributed by atoms with Crippen molar-refractivity contribution in [2.45, 2.75) is 26.7 Å². The number of amides is 1. The van der Waals surface area contributed by atoms with Crippen LogP contribution in [0.5, 0.6) is 0 Å². The minimum Gasteiger partial charge on any atom is -0.398 e. The lowest BCUT2D eigenvalue weighted by atomic mass is 10.1. The van der Waals surface area contributed by atoms with Crippen LogP contribution < -0.4 is 5.73 Å². The molecule has 0 atom stereocenters. The number of nitrogen functional groups attached to an aromatic ring is 1. The van der Waals surface area contributed by atoms with Gasteiger partial charge in [0.2, 0.25) is 5.91 Å². The molecule has 1 rings (SSSR count). The minimum absolute atomic E-state index is 0.155. The van der Waals surface area contributed by atoms with Crippen molar-refractivity contribution in [2.24, 2.45) is 0 Å². The SMILES string of the molecule is CCCN(CC)C(=O)Cc1ccccc1N. The molecule has 2 N–H and O–H groups in total. The fourth-order valence-corrected chi connectivity index (χ4v) is 1.70. The van der Waals surface area contributed by atoms with Crippen molar-refractivity contribution in [2.75, 3.05) is 18.8 Å². The highest BCUT2D eigenvalue weighted by atomic mass is 16.2. The predicted octanol–water partition coefficient (Wildman–Crippen LogP) is 2.07. The Bertz CT molecular complexity index is 350. The van der Waals surface area contributed by atoms with E-state index in [1.54, 1.807) is 0 Å². The molecule has 16 heavy (non-hydrogen) atoms. The van der Waals surface area contributed by atoms with E-state index in [1.807, 2.05) is 36.1 Å². The molecule has 88 valence electrons. The van der Waals surface area contributed by atoms with Crippen LogP contribution in [-0.4, -0.2) is 23.9 Å². The van der Waals surface area contributed by atoms with Gasteiger partial charge in [0, 0.05) is 18.8 Å². The number of nitrogens with zero attached hydrogens (tertiary/aromatic N) is 1. The Hall–Kier alpha value is -1.51. The number of anilines is 1. The summed E-state index contributed by atoms with van der Waals surface area (Å²) in [6, 6.07) is 7.54. The second-order valence-electron chi connectivity index (χ2n) is 3.85. The summed E-state index contributed by atoms with van der Waals surface area (Å²) in [5.74, 6) is 0.155. The van der Waals surface area contributed by atoms with Crippen LogP contribution in [0.15, 0.2) is 24.3 Å². The third-order valence-electron chi connectivity index (χ3n) is 2.62. The number of likely N-dealkylation sites (N-methyl/N-ethyl adjacent to an activating group) is 1. The number of carbonyl (C=O) groups is 1. The van der Waals surface area contributed by atoms with Gasteiger partial charge in [-0.3, -0.25) is 4.79 Å². The molecule has 0 aliphatic carbocycles. The third-order valence-corrected chi connectivity index (χ3v) is 2.62. The van der Waals surface area contributed by atoms with Crippen molar-refractivity contribution in [3.05, 3.63) is 29.8 Å². The molecular formula is C13H20N2O. The van der Waals surface area contributed by atoms with E-state index in [2.05, 4.69) is 6.92 Å². The summed E-state index contributed by atoms with van der Waals surface area (Å²) in [6.45, 7) is 5.66. The molecule has 0 aliphatic rings. The fourth-order valence-electron chi connectivity index (χ4n) is 1.70. The number of para-hydroxylation sites is 1. The van der Waals surface area contributed by atoms with Gasteiger partial charge in [0.15, 0.2) is 0 Å². The third kappa shape index (κ3) is 3.26. The van der Waals surface area contributed by atoms with E-state index in [0.29, 0.717) is 12.1 Å². The second kappa shape index (κ2) is 6.16. The summed E-state index contributed by atoms with van der Waals surface area (Å²) in [7, 11) is 0. The first-order valence-corrected chi connectivity index (χ1v) is 5.80. The van der Waals surface area contributed by atoms with Crippen molar-refractivity contribution in [1.29, 1.82) is 0 Å². The maximum atomic E-state index is 12.0. The Morgan fingerprint density at radius 3 is 2.56 bits per heavy atom. The zero-order valence-electron chi connectivity index (χ0n) is 10.1. The zero-order valence-corrected chi connectivity index (χ0v) is 10.1. The molecular weight excluding hydrogens is 200 g/mol. The van der Waals surface area contributed by atoms with Crippen LogP contribution >= 0.6 is 0 Å². The molecule has 0 bridgehead atoms. The van der Waals surface area contributed by atoms with Crippen molar-refractivity contribution >= 4 is 11.6 Å². The van der Waals surface area contributed by atoms with Crippen LogP contribution in [0.1, 0.15) is 25.8 Å². The number of hydrogen-bond acceptors (Lipinski definition) is 2. The summed E-state index contributed by atoms with van der Waals surface area (Å²) in [5, 5.41) is 0. The normalized spacial score (nSPS) is 10.1. The highest BCUT2D eigenvalue weighted by Gasteiger charge is 2.12. The van der Waals surface area contributed by atoms with E-state index in [1.165, 1.54) is 0 Å². The van der Waals surface area contributed by atoms with E-state index in [-0.39, 0.29) is 5.91 Å². The molecule has 0 unspecified atom stereocenters. The van der Waals surface area contributed by atoms with Gasteiger partial charge >= 0.3 is 0 Å². The minimum atomic E-state index is 0.155. The maximum absolute atomic E-state index is 12.0. The molecule has 0 aromatic heterocycles. The molecule has 1 aromatic carbocycles. The number of rotatable bonds is 5.